The third-order valence-electron chi connectivity index (χ3n) is 1.00. The summed E-state index contributed by atoms with van der Waals surface area (Å²) in [5, 5.41) is 9.22. The topological polar surface area (TPSA) is 37.3 Å². The van der Waals surface area contributed by atoms with Gasteiger partial charge in [0.25, 0.3) is 0 Å². The van der Waals surface area contributed by atoms with Crippen LogP contribution in [0.4, 0.5) is 0 Å². The molecule has 1 N–H and O–H groups in total. The first-order valence-electron chi connectivity index (χ1n) is 2.32. The van der Waals surface area contributed by atoms with Gasteiger partial charge in [-0.05, 0) is 0 Å². The molecule has 0 amide bonds. The van der Waals surface area contributed by atoms with Crippen LogP contribution in [-0.2, 0) is 4.79 Å². The van der Waals surface area contributed by atoms with Crippen molar-refractivity contribution in [2.24, 2.45) is 5.92 Å². The van der Waals surface area contributed by atoms with Crippen molar-refractivity contribution < 1.29 is 9.90 Å². The standard InChI is InChI=1S/C5H6O2Se/c6-5(7)4-1-2-8-3-4/h1-2,4H,3H2,(H,6,7). The Morgan fingerprint density at radius 1 is 1.88 bits per heavy atom. The summed E-state index contributed by atoms with van der Waals surface area (Å²) in [6.45, 7) is 0. The molecule has 0 aromatic rings. The fourth-order valence-corrected chi connectivity index (χ4v) is 2.35. The van der Waals surface area contributed by atoms with Crippen molar-refractivity contribution in [3.8, 4) is 0 Å². The summed E-state index contributed by atoms with van der Waals surface area (Å²) < 4.78 is 0. The maximum absolute atomic E-state index is 10.2. The summed E-state index contributed by atoms with van der Waals surface area (Å²) in [5.41, 5.74) is 0. The minimum atomic E-state index is -0.680. The van der Waals surface area contributed by atoms with Crippen molar-refractivity contribution in [1.29, 1.82) is 0 Å². The molecule has 0 aromatic carbocycles. The second-order valence-corrected chi connectivity index (χ2v) is 3.58. The molecule has 0 aliphatic carbocycles. The van der Waals surface area contributed by atoms with Crippen LogP contribution in [0.1, 0.15) is 0 Å². The Morgan fingerprint density at radius 2 is 2.62 bits per heavy atom. The van der Waals surface area contributed by atoms with Gasteiger partial charge in [-0.2, -0.15) is 0 Å². The molecule has 1 aliphatic heterocycles. The van der Waals surface area contributed by atoms with E-state index in [0.29, 0.717) is 15.0 Å². The molecule has 0 bridgehead atoms. The molecule has 3 heteroatoms. The Labute approximate surface area is 53.7 Å². The van der Waals surface area contributed by atoms with E-state index in [2.05, 4.69) is 0 Å². The first-order chi connectivity index (χ1) is 3.80. The van der Waals surface area contributed by atoms with Crippen molar-refractivity contribution in [2.75, 3.05) is 0 Å². The third kappa shape index (κ3) is 1.11. The van der Waals surface area contributed by atoms with E-state index in [-0.39, 0.29) is 5.92 Å². The second kappa shape index (κ2) is 2.33. The van der Waals surface area contributed by atoms with Crippen LogP contribution >= 0.6 is 0 Å². The zero-order valence-corrected chi connectivity index (χ0v) is 5.92. The molecule has 44 valence electrons. The molecule has 2 nitrogen and oxygen atoms in total. The van der Waals surface area contributed by atoms with Gasteiger partial charge in [-0.1, -0.05) is 0 Å². The third-order valence-corrected chi connectivity index (χ3v) is 2.89. The molecule has 8 heavy (non-hydrogen) atoms. The SMILES string of the molecule is O=C(O)C1C=C[Se]C1. The van der Waals surface area contributed by atoms with Crippen LogP contribution in [0.15, 0.2) is 11.1 Å². The Hall–Kier alpha value is -0.271. The summed E-state index contributed by atoms with van der Waals surface area (Å²) >= 11 is 0.461. The summed E-state index contributed by atoms with van der Waals surface area (Å²) in [6, 6.07) is 0. The van der Waals surface area contributed by atoms with Crippen molar-refractivity contribution in [2.45, 2.75) is 5.32 Å². The molecule has 1 atom stereocenters. The fourth-order valence-electron chi connectivity index (χ4n) is 0.519. The van der Waals surface area contributed by atoms with E-state index in [1.165, 1.54) is 0 Å². The van der Waals surface area contributed by atoms with Gasteiger partial charge in [0.1, 0.15) is 0 Å². The van der Waals surface area contributed by atoms with E-state index < -0.39 is 5.97 Å². The molecule has 0 aromatic heterocycles. The van der Waals surface area contributed by atoms with E-state index in [0.717, 1.165) is 5.32 Å². The Balaban J connectivity index is 2.48. The first-order valence-corrected chi connectivity index (χ1v) is 4.52. The monoisotopic (exact) mass is 178 g/mol. The number of hydrogen-bond donors (Lipinski definition) is 1. The predicted molar refractivity (Wildman–Crippen MR) is 30.8 cm³/mol. The van der Waals surface area contributed by atoms with Crippen LogP contribution in [0.3, 0.4) is 0 Å². The Morgan fingerprint density at radius 3 is 2.88 bits per heavy atom. The van der Waals surface area contributed by atoms with E-state index in [4.69, 9.17) is 5.11 Å². The van der Waals surface area contributed by atoms with Gasteiger partial charge in [-0.25, -0.2) is 0 Å². The molecule has 0 saturated carbocycles. The summed E-state index contributed by atoms with van der Waals surface area (Å²) in [5.74, 6) is -0.851. The van der Waals surface area contributed by atoms with Crippen LogP contribution in [-0.4, -0.2) is 26.0 Å². The van der Waals surface area contributed by atoms with Crippen molar-refractivity contribution in [3.63, 3.8) is 0 Å². The Kier molecular flexibility index (Phi) is 1.71. The van der Waals surface area contributed by atoms with Crippen LogP contribution in [0.5, 0.6) is 0 Å². The number of hydrogen-bond acceptors (Lipinski definition) is 1. The van der Waals surface area contributed by atoms with Crippen molar-refractivity contribution in [1.82, 2.24) is 0 Å². The number of rotatable bonds is 1. The zero-order chi connectivity index (χ0) is 5.98. The number of aliphatic carboxylic acids is 1. The molecule has 1 unspecified atom stereocenters. The van der Waals surface area contributed by atoms with Crippen molar-refractivity contribution >= 4 is 20.9 Å². The molecule has 1 rings (SSSR count). The number of carboxylic acid groups (broad SMARTS) is 1. The van der Waals surface area contributed by atoms with Gasteiger partial charge in [0.15, 0.2) is 0 Å². The molecule has 0 spiro atoms. The van der Waals surface area contributed by atoms with Gasteiger partial charge in [0.2, 0.25) is 0 Å². The van der Waals surface area contributed by atoms with Gasteiger partial charge in [0.05, 0.1) is 0 Å². The van der Waals surface area contributed by atoms with Gasteiger partial charge in [0, 0.05) is 0 Å². The zero-order valence-electron chi connectivity index (χ0n) is 4.20. The maximum atomic E-state index is 10.2. The van der Waals surface area contributed by atoms with Crippen molar-refractivity contribution in [3.05, 3.63) is 11.1 Å². The van der Waals surface area contributed by atoms with Gasteiger partial charge < -0.3 is 0 Å². The predicted octanol–water partition coefficient (Wildman–Crippen LogP) is 0.337. The molecule has 0 radical (unpaired) electrons. The molecule has 1 aliphatic rings. The Bertz CT molecular complexity index is 130. The van der Waals surface area contributed by atoms with Crippen LogP contribution < -0.4 is 0 Å². The fraction of sp³-hybridized carbons (Fsp3) is 0.400. The average molecular weight is 177 g/mol. The van der Waals surface area contributed by atoms with Gasteiger partial charge in [-0.3, -0.25) is 0 Å². The summed E-state index contributed by atoms with van der Waals surface area (Å²) in [4.78, 5) is 12.1. The normalized spacial score (nSPS) is 26.2. The molecular formula is C5H6O2Se. The van der Waals surface area contributed by atoms with Gasteiger partial charge >= 0.3 is 53.1 Å². The minimum absolute atomic E-state index is 0.171. The summed E-state index contributed by atoms with van der Waals surface area (Å²) in [6.07, 6.45) is 1.78. The summed E-state index contributed by atoms with van der Waals surface area (Å²) in [7, 11) is 0. The number of carbonyl (C=O) groups is 1. The quantitative estimate of drug-likeness (QED) is 0.586. The van der Waals surface area contributed by atoms with Crippen LogP contribution in [0.2, 0.25) is 5.32 Å². The van der Waals surface area contributed by atoms with Crippen LogP contribution in [0.25, 0.3) is 0 Å². The molecule has 0 fully saturated rings. The molecule has 1 heterocycles. The average Bonchev–Trinajstić information content (AvgIpc) is 2.12. The van der Waals surface area contributed by atoms with E-state index >= 15 is 0 Å². The van der Waals surface area contributed by atoms with Gasteiger partial charge in [-0.15, -0.1) is 0 Å². The molecule has 0 saturated heterocycles. The molecular weight excluding hydrogens is 171 g/mol. The number of carboxylic acids is 1. The first kappa shape index (κ1) is 5.86. The van der Waals surface area contributed by atoms with E-state index in [9.17, 15) is 4.79 Å². The van der Waals surface area contributed by atoms with E-state index in [1.54, 1.807) is 6.08 Å². The van der Waals surface area contributed by atoms with Crippen LogP contribution in [0, 0.1) is 5.92 Å². The second-order valence-electron chi connectivity index (χ2n) is 1.61. The van der Waals surface area contributed by atoms with E-state index in [1.807, 2.05) is 4.97 Å².